The third kappa shape index (κ3) is 4.12. The maximum absolute atomic E-state index is 12.7. The van der Waals surface area contributed by atoms with Gasteiger partial charge in [-0.1, -0.05) is 12.1 Å². The van der Waals surface area contributed by atoms with Gasteiger partial charge in [-0.3, -0.25) is 4.79 Å². The monoisotopic (exact) mass is 340 g/mol. The topological polar surface area (TPSA) is 42.0 Å². The van der Waals surface area contributed by atoms with E-state index in [1.165, 1.54) is 0 Å². The Hall–Kier alpha value is -2.53. The Kier molecular flexibility index (Phi) is 5.56. The molecule has 5 nitrogen and oxygen atoms in total. The molecule has 1 aliphatic heterocycles. The Bertz CT molecular complexity index is 707. The van der Waals surface area contributed by atoms with Gasteiger partial charge in [0.15, 0.2) is 0 Å². The van der Waals surface area contributed by atoms with Crippen molar-refractivity contribution in [1.29, 1.82) is 0 Å². The smallest absolute Gasteiger partial charge is 0.253 e. The van der Waals surface area contributed by atoms with Gasteiger partial charge >= 0.3 is 0 Å². The normalized spacial score (nSPS) is 14.5. The molecular formula is C20H24N2O3. The molecule has 1 aliphatic rings. The molecule has 1 heterocycles. The summed E-state index contributed by atoms with van der Waals surface area (Å²) in [6, 6.07) is 15.7. The molecule has 2 aromatic rings. The number of amides is 1. The number of carbonyl (C=O) groups is 1. The van der Waals surface area contributed by atoms with Gasteiger partial charge in [-0.05, 0) is 42.0 Å². The summed E-state index contributed by atoms with van der Waals surface area (Å²) in [5.41, 5.74) is 2.91. The van der Waals surface area contributed by atoms with Crippen LogP contribution in [0.5, 0.6) is 5.75 Å². The second kappa shape index (κ2) is 8.03. The lowest BCUT2D eigenvalue weighted by Gasteiger charge is -2.36. The first-order valence-electron chi connectivity index (χ1n) is 8.47. The molecule has 1 saturated heterocycles. The summed E-state index contributed by atoms with van der Waals surface area (Å²) in [6.45, 7) is 3.62. The fourth-order valence-corrected chi connectivity index (χ4v) is 3.10. The summed E-state index contributed by atoms with van der Waals surface area (Å²) in [5.74, 6) is 0.945. The van der Waals surface area contributed by atoms with Gasteiger partial charge < -0.3 is 19.3 Å². The second-order valence-corrected chi connectivity index (χ2v) is 6.11. The molecule has 0 aliphatic carbocycles. The van der Waals surface area contributed by atoms with Crippen LogP contribution in [0.2, 0.25) is 0 Å². The molecule has 5 heteroatoms. The lowest BCUT2D eigenvalue weighted by molar-refractivity contribution is 0.0746. The third-order valence-electron chi connectivity index (χ3n) is 4.49. The van der Waals surface area contributed by atoms with Crippen molar-refractivity contribution >= 4 is 11.6 Å². The van der Waals surface area contributed by atoms with Gasteiger partial charge in [-0.2, -0.15) is 0 Å². The molecule has 0 radical (unpaired) electrons. The maximum atomic E-state index is 12.7. The van der Waals surface area contributed by atoms with Gasteiger partial charge in [0.2, 0.25) is 0 Å². The van der Waals surface area contributed by atoms with E-state index in [-0.39, 0.29) is 5.91 Å². The van der Waals surface area contributed by atoms with Crippen molar-refractivity contribution in [2.45, 2.75) is 6.61 Å². The highest BCUT2D eigenvalue weighted by Crippen LogP contribution is 2.21. The summed E-state index contributed by atoms with van der Waals surface area (Å²) >= 11 is 0. The molecule has 0 bridgehead atoms. The molecule has 132 valence electrons. The fraction of sp³-hybridized carbons (Fsp3) is 0.350. The Labute approximate surface area is 148 Å². The van der Waals surface area contributed by atoms with Crippen LogP contribution in [0.1, 0.15) is 15.9 Å². The number of nitrogens with zero attached hydrogens (tertiary/aromatic N) is 2. The second-order valence-electron chi connectivity index (χ2n) is 6.11. The number of carbonyl (C=O) groups excluding carboxylic acids is 1. The minimum Gasteiger partial charge on any atom is -0.497 e. The molecule has 0 spiro atoms. The van der Waals surface area contributed by atoms with Crippen molar-refractivity contribution in [2.24, 2.45) is 0 Å². The SMILES string of the molecule is COCc1cccc(C(=O)N2CCN(c3ccc(OC)cc3)CC2)c1. The van der Waals surface area contributed by atoms with Gasteiger partial charge in [0.1, 0.15) is 5.75 Å². The van der Waals surface area contributed by atoms with Gasteiger partial charge in [-0.25, -0.2) is 0 Å². The first-order valence-corrected chi connectivity index (χ1v) is 8.47. The summed E-state index contributed by atoms with van der Waals surface area (Å²) in [5, 5.41) is 0. The average molecular weight is 340 g/mol. The number of methoxy groups -OCH3 is 2. The van der Waals surface area contributed by atoms with Crippen LogP contribution in [-0.4, -0.2) is 51.2 Å². The van der Waals surface area contributed by atoms with E-state index in [0.29, 0.717) is 6.61 Å². The molecule has 25 heavy (non-hydrogen) atoms. The minimum atomic E-state index is 0.0901. The van der Waals surface area contributed by atoms with E-state index >= 15 is 0 Å². The zero-order chi connectivity index (χ0) is 17.6. The van der Waals surface area contributed by atoms with Gasteiger partial charge in [-0.15, -0.1) is 0 Å². The molecule has 1 amide bonds. The molecule has 0 N–H and O–H groups in total. The number of piperazine rings is 1. The molecule has 0 atom stereocenters. The van der Waals surface area contributed by atoms with Crippen LogP contribution in [0.3, 0.4) is 0 Å². The van der Waals surface area contributed by atoms with Gasteiger partial charge in [0.05, 0.1) is 13.7 Å². The Balaban J connectivity index is 1.61. The van der Waals surface area contributed by atoms with Crippen LogP contribution < -0.4 is 9.64 Å². The van der Waals surface area contributed by atoms with Crippen LogP contribution in [0.15, 0.2) is 48.5 Å². The summed E-state index contributed by atoms with van der Waals surface area (Å²) in [7, 11) is 3.33. The number of anilines is 1. The highest BCUT2D eigenvalue weighted by Gasteiger charge is 2.22. The van der Waals surface area contributed by atoms with Crippen LogP contribution in [0.25, 0.3) is 0 Å². The summed E-state index contributed by atoms with van der Waals surface area (Å²) in [4.78, 5) is 17.0. The van der Waals surface area contributed by atoms with E-state index in [0.717, 1.165) is 48.7 Å². The van der Waals surface area contributed by atoms with Crippen LogP contribution in [0, 0.1) is 0 Å². The number of hydrogen-bond acceptors (Lipinski definition) is 4. The van der Waals surface area contributed by atoms with Crippen molar-refractivity contribution < 1.29 is 14.3 Å². The Morgan fingerprint density at radius 2 is 1.72 bits per heavy atom. The predicted molar refractivity (Wildman–Crippen MR) is 98.3 cm³/mol. The van der Waals surface area contributed by atoms with Crippen molar-refractivity contribution in [3.8, 4) is 5.75 Å². The lowest BCUT2D eigenvalue weighted by Crippen LogP contribution is -2.48. The molecular weight excluding hydrogens is 316 g/mol. The van der Waals surface area contributed by atoms with Gasteiger partial charge in [0.25, 0.3) is 5.91 Å². The van der Waals surface area contributed by atoms with E-state index in [1.807, 2.05) is 41.3 Å². The first kappa shape index (κ1) is 17.3. The highest BCUT2D eigenvalue weighted by atomic mass is 16.5. The van der Waals surface area contributed by atoms with E-state index in [2.05, 4.69) is 17.0 Å². The van der Waals surface area contributed by atoms with Crippen molar-refractivity contribution in [3.05, 3.63) is 59.7 Å². The van der Waals surface area contributed by atoms with E-state index in [4.69, 9.17) is 9.47 Å². The maximum Gasteiger partial charge on any atom is 0.253 e. The summed E-state index contributed by atoms with van der Waals surface area (Å²) < 4.78 is 10.3. The summed E-state index contributed by atoms with van der Waals surface area (Å²) in [6.07, 6.45) is 0. The predicted octanol–water partition coefficient (Wildman–Crippen LogP) is 2.80. The Morgan fingerprint density at radius 3 is 2.36 bits per heavy atom. The lowest BCUT2D eigenvalue weighted by atomic mass is 10.1. The number of ether oxygens (including phenoxy) is 2. The molecule has 0 unspecified atom stereocenters. The number of rotatable bonds is 5. The zero-order valence-electron chi connectivity index (χ0n) is 14.8. The van der Waals surface area contributed by atoms with Crippen LogP contribution in [-0.2, 0) is 11.3 Å². The molecule has 2 aromatic carbocycles. The largest absolute Gasteiger partial charge is 0.497 e. The minimum absolute atomic E-state index is 0.0901. The standard InChI is InChI=1S/C20H24N2O3/c1-24-15-16-4-3-5-17(14-16)20(23)22-12-10-21(11-13-22)18-6-8-19(25-2)9-7-18/h3-9,14H,10-13,15H2,1-2H3. The molecule has 3 rings (SSSR count). The fourth-order valence-electron chi connectivity index (χ4n) is 3.10. The van der Waals surface area contributed by atoms with E-state index in [1.54, 1.807) is 14.2 Å². The van der Waals surface area contributed by atoms with Crippen molar-refractivity contribution in [1.82, 2.24) is 4.90 Å². The van der Waals surface area contributed by atoms with Crippen LogP contribution >= 0.6 is 0 Å². The quantitative estimate of drug-likeness (QED) is 0.839. The van der Waals surface area contributed by atoms with Crippen molar-refractivity contribution in [3.63, 3.8) is 0 Å². The molecule has 0 saturated carbocycles. The zero-order valence-corrected chi connectivity index (χ0v) is 14.8. The third-order valence-corrected chi connectivity index (χ3v) is 4.49. The Morgan fingerprint density at radius 1 is 1.00 bits per heavy atom. The average Bonchev–Trinajstić information content (AvgIpc) is 2.68. The van der Waals surface area contributed by atoms with Crippen molar-refractivity contribution in [2.75, 3.05) is 45.3 Å². The first-order chi connectivity index (χ1) is 12.2. The van der Waals surface area contributed by atoms with Crippen LogP contribution in [0.4, 0.5) is 5.69 Å². The molecule has 0 aromatic heterocycles. The van der Waals surface area contributed by atoms with Gasteiger partial charge in [0, 0.05) is 44.5 Å². The highest BCUT2D eigenvalue weighted by molar-refractivity contribution is 5.94. The van der Waals surface area contributed by atoms with E-state index in [9.17, 15) is 4.79 Å². The van der Waals surface area contributed by atoms with E-state index < -0.39 is 0 Å². The number of benzene rings is 2. The number of hydrogen-bond donors (Lipinski definition) is 0. The molecule has 1 fully saturated rings.